The first-order valence-corrected chi connectivity index (χ1v) is 8.46. The van der Waals surface area contributed by atoms with Crippen molar-refractivity contribution in [3.63, 3.8) is 0 Å². The number of rotatable bonds is 5. The smallest absolute Gasteiger partial charge is 0.416 e. The third-order valence-corrected chi connectivity index (χ3v) is 4.67. The van der Waals surface area contributed by atoms with Gasteiger partial charge in [-0.2, -0.15) is 13.2 Å². The standard InChI is InChI=1S/C19H19F4NO2/c20-17-8-14(9-24-18(17)10-25)26-11-12-5-6-15(13-3-1-2-4-13)16(7-12)19(21,22)23/h5-9,13,25H,1-4,10-11H2. The van der Waals surface area contributed by atoms with Crippen molar-refractivity contribution in [2.24, 2.45) is 0 Å². The SMILES string of the molecule is OCc1ncc(OCc2ccc(C3CCCC3)c(C(F)(F)F)c2)cc1F. The summed E-state index contributed by atoms with van der Waals surface area (Å²) >= 11 is 0. The minimum atomic E-state index is -4.43. The molecule has 0 radical (unpaired) electrons. The Labute approximate surface area is 148 Å². The van der Waals surface area contributed by atoms with Crippen LogP contribution in [0.4, 0.5) is 17.6 Å². The molecule has 1 aliphatic carbocycles. The van der Waals surface area contributed by atoms with Gasteiger partial charge >= 0.3 is 6.18 Å². The Hall–Kier alpha value is -2.15. The number of benzene rings is 1. The van der Waals surface area contributed by atoms with Crippen molar-refractivity contribution in [1.82, 2.24) is 4.98 Å². The van der Waals surface area contributed by atoms with E-state index in [4.69, 9.17) is 9.84 Å². The molecule has 26 heavy (non-hydrogen) atoms. The molecule has 0 amide bonds. The minimum absolute atomic E-state index is 0.0501. The maximum Gasteiger partial charge on any atom is 0.416 e. The van der Waals surface area contributed by atoms with E-state index in [0.29, 0.717) is 11.1 Å². The molecular weight excluding hydrogens is 350 g/mol. The van der Waals surface area contributed by atoms with Crippen LogP contribution in [0.3, 0.4) is 0 Å². The number of aromatic nitrogens is 1. The number of halogens is 4. The lowest BCUT2D eigenvalue weighted by Crippen LogP contribution is -2.12. The number of hydrogen-bond donors (Lipinski definition) is 1. The van der Waals surface area contributed by atoms with Crippen LogP contribution in [-0.2, 0) is 19.4 Å². The molecule has 7 heteroatoms. The van der Waals surface area contributed by atoms with Crippen LogP contribution in [0.2, 0.25) is 0 Å². The number of ether oxygens (including phenoxy) is 1. The highest BCUT2D eigenvalue weighted by Gasteiger charge is 2.36. The fourth-order valence-electron chi connectivity index (χ4n) is 3.34. The molecule has 1 N–H and O–H groups in total. The lowest BCUT2D eigenvalue weighted by Gasteiger charge is -2.19. The molecule has 2 aromatic rings. The van der Waals surface area contributed by atoms with Gasteiger partial charge < -0.3 is 9.84 Å². The highest BCUT2D eigenvalue weighted by molar-refractivity contribution is 5.37. The maximum atomic E-state index is 13.6. The first-order chi connectivity index (χ1) is 12.4. The third kappa shape index (κ3) is 4.15. The lowest BCUT2D eigenvalue weighted by molar-refractivity contribution is -0.138. The van der Waals surface area contributed by atoms with Crippen molar-refractivity contribution in [3.05, 3.63) is 58.7 Å². The Morgan fingerprint density at radius 1 is 1.15 bits per heavy atom. The second-order valence-electron chi connectivity index (χ2n) is 6.45. The van der Waals surface area contributed by atoms with Crippen molar-refractivity contribution in [3.8, 4) is 5.75 Å². The Balaban J connectivity index is 1.79. The van der Waals surface area contributed by atoms with E-state index in [0.717, 1.165) is 37.8 Å². The molecule has 1 aliphatic rings. The van der Waals surface area contributed by atoms with Gasteiger partial charge in [-0.25, -0.2) is 4.39 Å². The van der Waals surface area contributed by atoms with Gasteiger partial charge in [-0.1, -0.05) is 25.0 Å². The first-order valence-electron chi connectivity index (χ1n) is 8.46. The van der Waals surface area contributed by atoms with Crippen LogP contribution in [0, 0.1) is 5.82 Å². The van der Waals surface area contributed by atoms with Gasteiger partial charge in [0.25, 0.3) is 0 Å². The van der Waals surface area contributed by atoms with E-state index in [2.05, 4.69) is 4.98 Å². The predicted molar refractivity (Wildman–Crippen MR) is 87.1 cm³/mol. The second kappa shape index (κ2) is 7.61. The predicted octanol–water partition coefficient (Wildman–Crippen LogP) is 4.97. The highest BCUT2D eigenvalue weighted by atomic mass is 19.4. The molecule has 1 aromatic heterocycles. The summed E-state index contributed by atoms with van der Waals surface area (Å²) in [6, 6.07) is 5.32. The molecule has 3 nitrogen and oxygen atoms in total. The molecule has 0 spiro atoms. The van der Waals surface area contributed by atoms with Crippen molar-refractivity contribution in [2.45, 2.75) is 51.0 Å². The van der Waals surface area contributed by atoms with Crippen LogP contribution < -0.4 is 4.74 Å². The van der Waals surface area contributed by atoms with E-state index in [1.54, 1.807) is 6.07 Å². The number of aliphatic hydroxyl groups excluding tert-OH is 1. The summed E-state index contributed by atoms with van der Waals surface area (Å²) in [4.78, 5) is 3.70. The monoisotopic (exact) mass is 369 g/mol. The molecule has 0 bridgehead atoms. The Bertz CT molecular complexity index is 771. The zero-order valence-electron chi connectivity index (χ0n) is 14.0. The minimum Gasteiger partial charge on any atom is -0.487 e. The average Bonchev–Trinajstić information content (AvgIpc) is 3.13. The maximum absolute atomic E-state index is 13.6. The summed E-state index contributed by atoms with van der Waals surface area (Å²) in [6.45, 7) is -0.669. The summed E-state index contributed by atoms with van der Waals surface area (Å²) in [5, 5.41) is 8.89. The number of nitrogens with zero attached hydrogens (tertiary/aromatic N) is 1. The van der Waals surface area contributed by atoms with Gasteiger partial charge in [0.1, 0.15) is 18.1 Å². The van der Waals surface area contributed by atoms with Crippen LogP contribution in [0.1, 0.15) is 54.0 Å². The molecular formula is C19H19F4NO2. The van der Waals surface area contributed by atoms with Gasteiger partial charge in [-0.3, -0.25) is 4.98 Å². The molecule has 3 rings (SSSR count). The number of aliphatic hydroxyl groups is 1. The van der Waals surface area contributed by atoms with Crippen molar-refractivity contribution < 1.29 is 27.4 Å². The van der Waals surface area contributed by atoms with Gasteiger partial charge in [0.05, 0.1) is 18.4 Å². The largest absolute Gasteiger partial charge is 0.487 e. The van der Waals surface area contributed by atoms with Crippen LogP contribution in [0.5, 0.6) is 5.75 Å². The van der Waals surface area contributed by atoms with E-state index in [1.807, 2.05) is 0 Å². The van der Waals surface area contributed by atoms with Crippen LogP contribution in [0.15, 0.2) is 30.5 Å². The molecule has 140 valence electrons. The van der Waals surface area contributed by atoms with Crippen molar-refractivity contribution in [2.75, 3.05) is 0 Å². The van der Waals surface area contributed by atoms with E-state index in [1.165, 1.54) is 12.3 Å². The van der Waals surface area contributed by atoms with Gasteiger partial charge in [0, 0.05) is 6.07 Å². The van der Waals surface area contributed by atoms with Crippen molar-refractivity contribution >= 4 is 0 Å². The molecule has 1 saturated carbocycles. The molecule has 1 heterocycles. The van der Waals surface area contributed by atoms with E-state index >= 15 is 0 Å². The number of pyridine rings is 1. The fourth-order valence-corrected chi connectivity index (χ4v) is 3.34. The van der Waals surface area contributed by atoms with Gasteiger partial charge in [0.2, 0.25) is 0 Å². The average molecular weight is 369 g/mol. The number of hydrogen-bond acceptors (Lipinski definition) is 3. The molecule has 0 aliphatic heterocycles. The molecule has 1 fully saturated rings. The van der Waals surface area contributed by atoms with Crippen LogP contribution in [0.25, 0.3) is 0 Å². The Morgan fingerprint density at radius 3 is 2.50 bits per heavy atom. The zero-order valence-corrected chi connectivity index (χ0v) is 14.0. The van der Waals surface area contributed by atoms with E-state index in [9.17, 15) is 17.6 Å². The first kappa shape index (κ1) is 18.6. The summed E-state index contributed by atoms with van der Waals surface area (Å²) in [5.74, 6) is -0.684. The summed E-state index contributed by atoms with van der Waals surface area (Å²) in [5.41, 5.74) is -0.0347. The second-order valence-corrected chi connectivity index (χ2v) is 6.45. The highest BCUT2D eigenvalue weighted by Crippen LogP contribution is 2.41. The van der Waals surface area contributed by atoms with Gasteiger partial charge in [-0.05, 0) is 36.0 Å². The number of alkyl halides is 3. The van der Waals surface area contributed by atoms with E-state index in [-0.39, 0.29) is 24.0 Å². The summed E-state index contributed by atoms with van der Waals surface area (Å²) in [6.07, 6.45) is 0.267. The third-order valence-electron chi connectivity index (χ3n) is 4.67. The molecule has 0 atom stereocenters. The summed E-state index contributed by atoms with van der Waals surface area (Å²) in [7, 11) is 0. The normalized spacial score (nSPS) is 15.4. The summed E-state index contributed by atoms with van der Waals surface area (Å²) < 4.78 is 59.3. The fraction of sp³-hybridized carbons (Fsp3) is 0.421. The van der Waals surface area contributed by atoms with Gasteiger partial charge in [0.15, 0.2) is 5.82 Å². The zero-order chi connectivity index (χ0) is 18.7. The molecule has 1 aromatic carbocycles. The topological polar surface area (TPSA) is 42.4 Å². The lowest BCUT2D eigenvalue weighted by atomic mass is 9.91. The van der Waals surface area contributed by atoms with E-state index < -0.39 is 24.2 Å². The van der Waals surface area contributed by atoms with Gasteiger partial charge in [-0.15, -0.1) is 0 Å². The molecule has 0 unspecified atom stereocenters. The Morgan fingerprint density at radius 2 is 1.88 bits per heavy atom. The van der Waals surface area contributed by atoms with Crippen LogP contribution >= 0.6 is 0 Å². The van der Waals surface area contributed by atoms with Crippen molar-refractivity contribution in [1.29, 1.82) is 0 Å². The quantitative estimate of drug-likeness (QED) is 0.757. The Kier molecular flexibility index (Phi) is 5.46. The van der Waals surface area contributed by atoms with Crippen LogP contribution in [-0.4, -0.2) is 10.1 Å². The molecule has 0 saturated heterocycles.